The van der Waals surface area contributed by atoms with E-state index in [1.54, 1.807) is 30.5 Å². The Labute approximate surface area is 252 Å². The van der Waals surface area contributed by atoms with E-state index >= 15 is 0 Å². The Kier molecular flexibility index (Phi) is 5.99. The van der Waals surface area contributed by atoms with E-state index in [9.17, 15) is 29.8 Å². The molecule has 2 amide bonds. The molecule has 0 unspecified atom stereocenters. The molecule has 0 spiro atoms. The van der Waals surface area contributed by atoms with Crippen molar-refractivity contribution in [1.29, 1.82) is 0 Å². The minimum absolute atomic E-state index is 0.0591. The van der Waals surface area contributed by atoms with Gasteiger partial charge >= 0.3 is 5.69 Å². The zero-order valence-electron chi connectivity index (χ0n) is 22.1. The maximum atomic E-state index is 14.4. The minimum Gasteiger partial charge on any atom is -0.274 e. The number of rotatable bonds is 6. The molecule has 8 rings (SSSR count). The highest BCUT2D eigenvalue weighted by atomic mass is 79.9. The van der Waals surface area contributed by atoms with Crippen molar-refractivity contribution in [3.8, 4) is 0 Å². The average molecular weight is 638 g/mol. The molecule has 4 aromatic carbocycles. The summed E-state index contributed by atoms with van der Waals surface area (Å²) in [5, 5.41) is 27.4. The van der Waals surface area contributed by atoms with Gasteiger partial charge in [-0.2, -0.15) is 5.10 Å². The number of nitro groups is 2. The monoisotopic (exact) mass is 637 g/mol. The van der Waals surface area contributed by atoms with Crippen molar-refractivity contribution >= 4 is 56.7 Å². The van der Waals surface area contributed by atoms with Gasteiger partial charge in [-0.1, -0.05) is 64.5 Å². The quantitative estimate of drug-likeness (QED) is 0.119. The molecule has 1 fully saturated rings. The molecule has 0 radical (unpaired) electrons. The van der Waals surface area contributed by atoms with Crippen LogP contribution in [0.4, 0.5) is 22.7 Å². The minimum atomic E-state index is -1.19. The smallest absolute Gasteiger partial charge is 0.274 e. The molecule has 3 aliphatic carbocycles. The summed E-state index contributed by atoms with van der Waals surface area (Å²) in [6.45, 7) is 0. The second-order valence-electron chi connectivity index (χ2n) is 10.6. The van der Waals surface area contributed by atoms with Gasteiger partial charge in [-0.05, 0) is 52.6 Å². The molecule has 1 saturated heterocycles. The lowest BCUT2D eigenvalue weighted by Gasteiger charge is -2.52. The van der Waals surface area contributed by atoms with E-state index in [4.69, 9.17) is 0 Å². The molecule has 2 atom stereocenters. The first-order chi connectivity index (χ1) is 20.7. The second kappa shape index (κ2) is 9.66. The molecule has 1 N–H and O–H groups in total. The molecule has 43 heavy (non-hydrogen) atoms. The van der Waals surface area contributed by atoms with E-state index in [2.05, 4.69) is 26.5 Å². The number of benzene rings is 4. The third-order valence-corrected chi connectivity index (χ3v) is 9.14. The summed E-state index contributed by atoms with van der Waals surface area (Å²) in [5.41, 5.74) is 4.42. The van der Waals surface area contributed by atoms with Crippen LogP contribution in [-0.2, 0) is 15.0 Å². The molecule has 212 valence electrons. The zero-order chi connectivity index (χ0) is 30.0. The summed E-state index contributed by atoms with van der Waals surface area (Å²) in [4.78, 5) is 51.3. The van der Waals surface area contributed by atoms with E-state index < -0.39 is 38.5 Å². The molecule has 0 aromatic heterocycles. The Hall–Kier alpha value is -5.23. The van der Waals surface area contributed by atoms with E-state index in [1.807, 2.05) is 48.5 Å². The van der Waals surface area contributed by atoms with Crippen LogP contribution in [0.3, 0.4) is 0 Å². The standard InChI is InChI=1S/C31H20BrN5O6/c32-17-9-11-18(12-10-17)35-29(38)27-26-20-5-1-3-7-22(20)31(28(27)30(35)39,23-8-4-2-6-21(23)26)16-33-34-24-14-13-19(36(40)41)15-25(24)37(42)43/h1-16,26-28,34H/b33-16-/t26?,27-,28-,31?/m0/s1. The fraction of sp³-hybridized carbons (Fsp3) is 0.129. The number of hydrazone groups is 1. The number of anilines is 2. The summed E-state index contributed by atoms with van der Waals surface area (Å²) in [5.74, 6) is -2.56. The molecule has 12 heteroatoms. The molecule has 2 bridgehead atoms. The normalized spacial score (nSPS) is 23.2. The van der Waals surface area contributed by atoms with Gasteiger partial charge in [0.1, 0.15) is 5.69 Å². The van der Waals surface area contributed by atoms with E-state index in [0.29, 0.717) is 5.69 Å². The Morgan fingerprint density at radius 2 is 1.47 bits per heavy atom. The molecule has 4 aromatic rings. The largest absolute Gasteiger partial charge is 0.301 e. The first-order valence-corrected chi connectivity index (χ1v) is 14.1. The lowest BCUT2D eigenvalue weighted by molar-refractivity contribution is -0.393. The number of imide groups is 1. The summed E-state index contributed by atoms with van der Waals surface area (Å²) < 4.78 is 0.808. The predicted octanol–water partition coefficient (Wildman–Crippen LogP) is 5.91. The van der Waals surface area contributed by atoms with E-state index in [-0.39, 0.29) is 23.4 Å². The first-order valence-electron chi connectivity index (χ1n) is 13.3. The molecule has 4 aliphatic rings. The molecular weight excluding hydrogens is 618 g/mol. The van der Waals surface area contributed by atoms with Crippen molar-refractivity contribution in [2.24, 2.45) is 16.9 Å². The highest BCUT2D eigenvalue weighted by Crippen LogP contribution is 2.63. The molecular formula is C31H20BrN5O6. The van der Waals surface area contributed by atoms with Gasteiger partial charge in [0.25, 0.3) is 5.69 Å². The van der Waals surface area contributed by atoms with Gasteiger partial charge in [0, 0.05) is 22.7 Å². The van der Waals surface area contributed by atoms with Gasteiger partial charge in [0.15, 0.2) is 0 Å². The van der Waals surface area contributed by atoms with Gasteiger partial charge in [0.05, 0.1) is 38.9 Å². The second-order valence-corrected chi connectivity index (χ2v) is 11.5. The number of carbonyl (C=O) groups excluding carboxylic acids is 2. The maximum absolute atomic E-state index is 14.4. The van der Waals surface area contributed by atoms with E-state index in [0.717, 1.165) is 38.9 Å². The number of non-ortho nitro benzene ring substituents is 1. The predicted molar refractivity (Wildman–Crippen MR) is 161 cm³/mol. The summed E-state index contributed by atoms with van der Waals surface area (Å²) in [6.07, 6.45) is 1.55. The maximum Gasteiger partial charge on any atom is 0.301 e. The van der Waals surface area contributed by atoms with Crippen LogP contribution in [0, 0.1) is 32.1 Å². The van der Waals surface area contributed by atoms with Crippen molar-refractivity contribution in [1.82, 2.24) is 0 Å². The van der Waals surface area contributed by atoms with Crippen molar-refractivity contribution in [2.75, 3.05) is 10.3 Å². The highest BCUT2D eigenvalue weighted by Gasteiger charge is 2.68. The first kappa shape index (κ1) is 26.7. The van der Waals surface area contributed by atoms with Crippen LogP contribution in [-0.4, -0.2) is 27.9 Å². The number of nitro benzene ring substituents is 2. The number of hydrogen-bond donors (Lipinski definition) is 1. The third kappa shape index (κ3) is 3.76. The fourth-order valence-electron chi connectivity index (χ4n) is 6.98. The Morgan fingerprint density at radius 3 is 2.07 bits per heavy atom. The number of carbonyl (C=O) groups is 2. The number of hydrogen-bond acceptors (Lipinski definition) is 8. The van der Waals surface area contributed by atoms with Gasteiger partial charge in [-0.15, -0.1) is 0 Å². The van der Waals surface area contributed by atoms with Crippen LogP contribution in [0.15, 0.2) is 101 Å². The van der Waals surface area contributed by atoms with Crippen LogP contribution in [0.5, 0.6) is 0 Å². The van der Waals surface area contributed by atoms with Gasteiger partial charge in [-0.3, -0.25) is 35.2 Å². The zero-order valence-corrected chi connectivity index (χ0v) is 23.7. The summed E-state index contributed by atoms with van der Waals surface area (Å²) >= 11 is 3.41. The number of halogens is 1. The van der Waals surface area contributed by atoms with Crippen molar-refractivity contribution in [3.05, 3.63) is 138 Å². The summed E-state index contributed by atoms with van der Waals surface area (Å²) in [6, 6.07) is 25.5. The van der Waals surface area contributed by atoms with Gasteiger partial charge in [-0.25, -0.2) is 4.90 Å². The average Bonchev–Trinajstić information content (AvgIpc) is 3.28. The van der Waals surface area contributed by atoms with Crippen molar-refractivity contribution in [2.45, 2.75) is 11.3 Å². The summed E-state index contributed by atoms with van der Waals surface area (Å²) in [7, 11) is 0. The topological polar surface area (TPSA) is 148 Å². The Morgan fingerprint density at radius 1 is 0.837 bits per heavy atom. The van der Waals surface area contributed by atoms with Crippen LogP contribution in [0.25, 0.3) is 0 Å². The van der Waals surface area contributed by atoms with Crippen molar-refractivity contribution in [3.63, 3.8) is 0 Å². The lowest BCUT2D eigenvalue weighted by atomic mass is 9.47. The van der Waals surface area contributed by atoms with Crippen LogP contribution in [0.1, 0.15) is 28.2 Å². The molecule has 1 aliphatic heterocycles. The van der Waals surface area contributed by atoms with Gasteiger partial charge in [0.2, 0.25) is 11.8 Å². The fourth-order valence-corrected chi connectivity index (χ4v) is 7.24. The van der Waals surface area contributed by atoms with E-state index in [1.165, 1.54) is 11.0 Å². The molecule has 1 heterocycles. The number of nitrogens with zero attached hydrogens (tertiary/aromatic N) is 4. The Balaban J connectivity index is 1.41. The lowest BCUT2D eigenvalue weighted by Crippen LogP contribution is -2.54. The SMILES string of the molecule is O=C1[C@@H]2[C@@H](C(=O)N1c1ccc(Br)cc1)C1c3ccccc3C2(/C=N\Nc2ccc([N+](=O)[O-])cc2[N+](=O)[O-])c2ccccc21. The number of amides is 2. The van der Waals surface area contributed by atoms with Crippen LogP contribution >= 0.6 is 15.9 Å². The van der Waals surface area contributed by atoms with Crippen LogP contribution in [0.2, 0.25) is 0 Å². The highest BCUT2D eigenvalue weighted by molar-refractivity contribution is 9.10. The Bertz CT molecular complexity index is 1860. The van der Waals surface area contributed by atoms with Crippen LogP contribution < -0.4 is 10.3 Å². The molecule has 11 nitrogen and oxygen atoms in total. The number of nitrogens with one attached hydrogen (secondary N) is 1. The molecule has 0 saturated carbocycles. The van der Waals surface area contributed by atoms with Gasteiger partial charge < -0.3 is 0 Å². The third-order valence-electron chi connectivity index (χ3n) is 8.61. The van der Waals surface area contributed by atoms with Crippen molar-refractivity contribution < 1.29 is 19.4 Å².